The highest BCUT2D eigenvalue weighted by Gasteiger charge is 2.20. The van der Waals surface area contributed by atoms with E-state index in [0.717, 1.165) is 19.8 Å². The SMILES string of the molecule is CCNC(c1cc(Cl)ccc1Br)c1cc(Br)sc1C. The van der Waals surface area contributed by atoms with Crippen molar-refractivity contribution in [2.24, 2.45) is 0 Å². The lowest BCUT2D eigenvalue weighted by atomic mass is 9.99. The Bertz CT molecular complexity index is 583. The minimum atomic E-state index is 0.153. The molecule has 2 aromatic rings. The van der Waals surface area contributed by atoms with Crippen molar-refractivity contribution in [1.82, 2.24) is 5.32 Å². The van der Waals surface area contributed by atoms with Crippen LogP contribution in [0.2, 0.25) is 5.02 Å². The van der Waals surface area contributed by atoms with E-state index in [2.05, 4.69) is 57.1 Å². The van der Waals surface area contributed by atoms with Gasteiger partial charge < -0.3 is 5.32 Å². The lowest BCUT2D eigenvalue weighted by Crippen LogP contribution is -2.22. The van der Waals surface area contributed by atoms with Gasteiger partial charge in [-0.2, -0.15) is 0 Å². The van der Waals surface area contributed by atoms with Crippen molar-refractivity contribution >= 4 is 54.8 Å². The summed E-state index contributed by atoms with van der Waals surface area (Å²) in [6, 6.07) is 8.25. The van der Waals surface area contributed by atoms with E-state index in [-0.39, 0.29) is 6.04 Å². The first-order valence-corrected chi connectivity index (χ1v) is 8.75. The molecule has 0 amide bonds. The molecular formula is C14H14Br2ClNS. The second kappa shape index (κ2) is 6.72. The van der Waals surface area contributed by atoms with E-state index in [1.54, 1.807) is 11.3 Å². The van der Waals surface area contributed by atoms with Gasteiger partial charge in [0.1, 0.15) is 0 Å². The van der Waals surface area contributed by atoms with Crippen LogP contribution in [0.5, 0.6) is 0 Å². The van der Waals surface area contributed by atoms with E-state index < -0.39 is 0 Å². The van der Waals surface area contributed by atoms with Crippen molar-refractivity contribution in [3.63, 3.8) is 0 Å². The Kier molecular flexibility index (Phi) is 5.49. The van der Waals surface area contributed by atoms with Crippen molar-refractivity contribution in [1.29, 1.82) is 0 Å². The fraction of sp³-hybridized carbons (Fsp3) is 0.286. The Labute approximate surface area is 139 Å². The molecule has 0 aliphatic heterocycles. The van der Waals surface area contributed by atoms with Crippen molar-refractivity contribution < 1.29 is 0 Å². The molecule has 1 N–H and O–H groups in total. The van der Waals surface area contributed by atoms with E-state index in [4.69, 9.17) is 11.6 Å². The van der Waals surface area contributed by atoms with Crippen LogP contribution in [0, 0.1) is 6.92 Å². The van der Waals surface area contributed by atoms with Crippen LogP contribution in [0.3, 0.4) is 0 Å². The van der Waals surface area contributed by atoms with Crippen molar-refractivity contribution in [2.75, 3.05) is 6.54 Å². The van der Waals surface area contributed by atoms with Gasteiger partial charge in [-0.15, -0.1) is 11.3 Å². The number of hydrogen-bond donors (Lipinski definition) is 1. The Morgan fingerprint density at radius 1 is 1.26 bits per heavy atom. The number of halogens is 3. The molecule has 2 rings (SSSR count). The number of rotatable bonds is 4. The molecule has 0 fully saturated rings. The first kappa shape index (κ1) is 15.5. The summed E-state index contributed by atoms with van der Waals surface area (Å²) in [4.78, 5) is 1.31. The van der Waals surface area contributed by atoms with Crippen molar-refractivity contribution in [3.8, 4) is 0 Å². The molecule has 1 aromatic heterocycles. The fourth-order valence-electron chi connectivity index (χ4n) is 2.07. The van der Waals surface area contributed by atoms with E-state index in [1.807, 2.05) is 18.2 Å². The van der Waals surface area contributed by atoms with E-state index in [1.165, 1.54) is 16.0 Å². The average Bonchev–Trinajstić information content (AvgIpc) is 2.69. The van der Waals surface area contributed by atoms with Gasteiger partial charge in [-0.05, 0) is 64.8 Å². The van der Waals surface area contributed by atoms with E-state index in [9.17, 15) is 0 Å². The summed E-state index contributed by atoms with van der Waals surface area (Å²) in [5.74, 6) is 0. The first-order valence-electron chi connectivity index (χ1n) is 5.97. The van der Waals surface area contributed by atoms with E-state index >= 15 is 0 Å². The third kappa shape index (κ3) is 3.61. The Morgan fingerprint density at radius 2 is 2.00 bits per heavy atom. The average molecular weight is 424 g/mol. The number of thiophene rings is 1. The van der Waals surface area contributed by atoms with Crippen molar-refractivity contribution in [2.45, 2.75) is 19.9 Å². The summed E-state index contributed by atoms with van der Waals surface area (Å²) in [5.41, 5.74) is 2.46. The third-order valence-electron chi connectivity index (χ3n) is 2.91. The lowest BCUT2D eigenvalue weighted by molar-refractivity contribution is 0.628. The van der Waals surface area contributed by atoms with Gasteiger partial charge in [0.05, 0.1) is 9.83 Å². The zero-order valence-electron chi connectivity index (χ0n) is 10.6. The van der Waals surface area contributed by atoms with Gasteiger partial charge in [0.15, 0.2) is 0 Å². The lowest BCUT2D eigenvalue weighted by Gasteiger charge is -2.20. The molecule has 0 spiro atoms. The standard InChI is InChI=1S/C14H14Br2ClNS/c1-3-18-14(10-7-13(16)19-8(10)2)11-6-9(17)4-5-12(11)15/h4-7,14,18H,3H2,1-2H3. The van der Waals surface area contributed by atoms with Crippen LogP contribution in [-0.4, -0.2) is 6.54 Å². The topological polar surface area (TPSA) is 12.0 Å². The summed E-state index contributed by atoms with van der Waals surface area (Å²) in [7, 11) is 0. The smallest absolute Gasteiger partial charge is 0.0704 e. The molecule has 0 aliphatic rings. The molecule has 1 nitrogen and oxygen atoms in total. The van der Waals surface area contributed by atoms with Gasteiger partial charge in [0.25, 0.3) is 0 Å². The van der Waals surface area contributed by atoms with Gasteiger partial charge in [0, 0.05) is 14.4 Å². The highest BCUT2D eigenvalue weighted by Crippen LogP contribution is 2.37. The monoisotopic (exact) mass is 421 g/mol. The molecule has 0 radical (unpaired) electrons. The number of aryl methyl sites for hydroxylation is 1. The summed E-state index contributed by atoms with van der Waals surface area (Å²) in [5, 5.41) is 4.29. The highest BCUT2D eigenvalue weighted by atomic mass is 79.9. The molecule has 1 atom stereocenters. The maximum atomic E-state index is 6.14. The van der Waals surface area contributed by atoms with E-state index in [0.29, 0.717) is 0 Å². The van der Waals surface area contributed by atoms with Crippen LogP contribution in [0.15, 0.2) is 32.5 Å². The summed E-state index contributed by atoms with van der Waals surface area (Å²) < 4.78 is 2.23. The van der Waals surface area contributed by atoms with Gasteiger partial charge >= 0.3 is 0 Å². The predicted molar refractivity (Wildman–Crippen MR) is 91.4 cm³/mol. The number of benzene rings is 1. The van der Waals surface area contributed by atoms with Gasteiger partial charge in [0.2, 0.25) is 0 Å². The molecule has 0 bridgehead atoms. The summed E-state index contributed by atoms with van der Waals surface area (Å²) in [6.07, 6.45) is 0. The molecule has 1 aromatic carbocycles. The zero-order chi connectivity index (χ0) is 14.0. The zero-order valence-corrected chi connectivity index (χ0v) is 15.4. The van der Waals surface area contributed by atoms with Crippen LogP contribution >= 0.6 is 54.8 Å². The highest BCUT2D eigenvalue weighted by molar-refractivity contribution is 9.11. The van der Waals surface area contributed by atoms with Crippen LogP contribution in [0.4, 0.5) is 0 Å². The Hall–Kier alpha value is 0.130. The molecular weight excluding hydrogens is 409 g/mol. The molecule has 0 saturated heterocycles. The van der Waals surface area contributed by atoms with Crippen LogP contribution in [0.1, 0.15) is 29.0 Å². The molecule has 0 aliphatic carbocycles. The van der Waals surface area contributed by atoms with Gasteiger partial charge in [-0.3, -0.25) is 0 Å². The fourth-order valence-corrected chi connectivity index (χ4v) is 4.48. The molecule has 19 heavy (non-hydrogen) atoms. The first-order chi connectivity index (χ1) is 9.02. The second-order valence-corrected chi connectivity index (χ2v) is 8.14. The number of hydrogen-bond acceptors (Lipinski definition) is 2. The maximum Gasteiger partial charge on any atom is 0.0704 e. The van der Waals surface area contributed by atoms with Crippen LogP contribution in [-0.2, 0) is 0 Å². The molecule has 5 heteroatoms. The predicted octanol–water partition coefficient (Wildman–Crippen LogP) is 5.93. The summed E-state index contributed by atoms with van der Waals surface area (Å²) >= 11 is 15.1. The Balaban J connectivity index is 2.51. The second-order valence-electron chi connectivity index (χ2n) is 4.22. The molecule has 0 saturated carbocycles. The maximum absolute atomic E-state index is 6.14. The molecule has 1 heterocycles. The minimum absolute atomic E-state index is 0.153. The van der Waals surface area contributed by atoms with Crippen LogP contribution in [0.25, 0.3) is 0 Å². The van der Waals surface area contributed by atoms with Crippen LogP contribution < -0.4 is 5.32 Å². The number of nitrogens with one attached hydrogen (secondary N) is 1. The summed E-state index contributed by atoms with van der Waals surface area (Å²) in [6.45, 7) is 5.16. The largest absolute Gasteiger partial charge is 0.306 e. The molecule has 1 unspecified atom stereocenters. The Morgan fingerprint density at radius 3 is 2.58 bits per heavy atom. The van der Waals surface area contributed by atoms with Gasteiger partial charge in [-0.1, -0.05) is 34.5 Å². The molecule has 102 valence electrons. The quantitative estimate of drug-likeness (QED) is 0.642. The van der Waals surface area contributed by atoms with Crippen molar-refractivity contribution in [3.05, 3.63) is 53.6 Å². The third-order valence-corrected chi connectivity index (χ3v) is 5.44. The minimum Gasteiger partial charge on any atom is -0.306 e. The van der Waals surface area contributed by atoms with Gasteiger partial charge in [-0.25, -0.2) is 0 Å². The normalized spacial score (nSPS) is 12.7.